The highest BCUT2D eigenvalue weighted by molar-refractivity contribution is 7.92. The molecule has 3 atom stereocenters. The second-order valence-corrected chi connectivity index (χ2v) is 8.55. The molecular formula is C16H22N2O3S. The summed E-state index contributed by atoms with van der Waals surface area (Å²) in [7, 11) is -1.78. The normalized spacial score (nSPS) is 26.9. The van der Waals surface area contributed by atoms with Gasteiger partial charge in [0.15, 0.2) is 0 Å². The summed E-state index contributed by atoms with van der Waals surface area (Å²) in [5.41, 5.74) is 1.13. The van der Waals surface area contributed by atoms with Crippen molar-refractivity contribution in [2.75, 3.05) is 17.6 Å². The number of hydrogen-bond donors (Lipinski definition) is 1. The molecule has 120 valence electrons. The second kappa shape index (κ2) is 5.57. The molecular weight excluding hydrogens is 300 g/mol. The van der Waals surface area contributed by atoms with Crippen LogP contribution in [0.1, 0.15) is 36.0 Å². The van der Waals surface area contributed by atoms with Crippen LogP contribution in [-0.4, -0.2) is 33.7 Å². The molecule has 2 aliphatic carbocycles. The fourth-order valence-electron chi connectivity index (χ4n) is 3.69. The van der Waals surface area contributed by atoms with Gasteiger partial charge < -0.3 is 5.32 Å². The van der Waals surface area contributed by atoms with E-state index in [-0.39, 0.29) is 5.91 Å². The smallest absolute Gasteiger partial charge is 0.251 e. The first-order chi connectivity index (χ1) is 10.3. The van der Waals surface area contributed by atoms with E-state index in [1.807, 2.05) is 0 Å². The number of fused-ring (bicyclic) bond motifs is 2. The molecule has 0 aromatic heterocycles. The van der Waals surface area contributed by atoms with Crippen LogP contribution in [0, 0.1) is 11.8 Å². The van der Waals surface area contributed by atoms with E-state index in [0.717, 1.165) is 18.6 Å². The predicted octanol–water partition coefficient (Wildman–Crippen LogP) is 2.00. The molecule has 1 amide bonds. The van der Waals surface area contributed by atoms with Crippen LogP contribution in [-0.2, 0) is 10.0 Å². The van der Waals surface area contributed by atoms with Gasteiger partial charge in [-0.25, -0.2) is 8.42 Å². The molecule has 0 heterocycles. The Kier molecular flexibility index (Phi) is 3.89. The Balaban J connectivity index is 1.66. The molecule has 6 heteroatoms. The van der Waals surface area contributed by atoms with E-state index in [4.69, 9.17) is 0 Å². The standard InChI is InChI=1S/C16H22N2O3S/c1-18(22(2,20)21)14-7-5-12(6-8-14)16(19)17-15-10-11-3-4-13(15)9-11/h5-8,11,13,15H,3-4,9-10H2,1-2H3,(H,17,19)/t11-,13+,15+/m0/s1. The van der Waals surface area contributed by atoms with Crippen LogP contribution < -0.4 is 9.62 Å². The molecule has 1 N–H and O–H groups in total. The largest absolute Gasteiger partial charge is 0.349 e. The Morgan fingerprint density at radius 3 is 2.36 bits per heavy atom. The fraction of sp³-hybridized carbons (Fsp3) is 0.562. The minimum atomic E-state index is -3.28. The number of carbonyl (C=O) groups excluding carboxylic acids is 1. The summed E-state index contributed by atoms with van der Waals surface area (Å²) >= 11 is 0. The molecule has 0 unspecified atom stereocenters. The third-order valence-corrected chi connectivity index (χ3v) is 6.25. The number of nitrogens with one attached hydrogen (secondary N) is 1. The lowest BCUT2D eigenvalue weighted by Gasteiger charge is -2.23. The summed E-state index contributed by atoms with van der Waals surface area (Å²) in [5.74, 6) is 1.37. The maximum atomic E-state index is 12.3. The summed E-state index contributed by atoms with van der Waals surface area (Å²) in [6, 6.07) is 7.00. The lowest BCUT2D eigenvalue weighted by molar-refractivity contribution is 0.0923. The van der Waals surface area contributed by atoms with Crippen molar-refractivity contribution in [1.29, 1.82) is 0 Å². The van der Waals surface area contributed by atoms with E-state index in [9.17, 15) is 13.2 Å². The Labute approximate surface area is 131 Å². The Morgan fingerprint density at radius 1 is 1.18 bits per heavy atom. The molecule has 2 saturated carbocycles. The third-order valence-electron chi connectivity index (χ3n) is 5.05. The lowest BCUT2D eigenvalue weighted by Crippen LogP contribution is -2.38. The average Bonchev–Trinajstić information content (AvgIpc) is 3.08. The van der Waals surface area contributed by atoms with Gasteiger partial charge in [0, 0.05) is 18.7 Å². The fourth-order valence-corrected chi connectivity index (χ4v) is 4.19. The van der Waals surface area contributed by atoms with Gasteiger partial charge in [-0.3, -0.25) is 9.10 Å². The molecule has 1 aromatic rings. The number of sulfonamides is 1. The maximum absolute atomic E-state index is 12.3. The van der Waals surface area contributed by atoms with E-state index in [1.54, 1.807) is 24.3 Å². The molecule has 3 rings (SSSR count). The van der Waals surface area contributed by atoms with E-state index in [0.29, 0.717) is 23.2 Å². The first-order valence-electron chi connectivity index (χ1n) is 7.69. The van der Waals surface area contributed by atoms with Gasteiger partial charge in [0.2, 0.25) is 10.0 Å². The van der Waals surface area contributed by atoms with Crippen molar-refractivity contribution in [3.8, 4) is 0 Å². The number of carbonyl (C=O) groups is 1. The summed E-state index contributed by atoms with van der Waals surface area (Å²) < 4.78 is 24.2. The first kappa shape index (κ1) is 15.3. The highest BCUT2D eigenvalue weighted by atomic mass is 32.2. The zero-order valence-corrected chi connectivity index (χ0v) is 13.8. The molecule has 5 nitrogen and oxygen atoms in total. The van der Waals surface area contributed by atoms with Gasteiger partial charge in [0.1, 0.15) is 0 Å². The van der Waals surface area contributed by atoms with Gasteiger partial charge in [0.05, 0.1) is 11.9 Å². The topological polar surface area (TPSA) is 66.5 Å². The number of anilines is 1. The summed E-state index contributed by atoms with van der Waals surface area (Å²) in [4.78, 5) is 12.3. The lowest BCUT2D eigenvalue weighted by atomic mass is 9.95. The van der Waals surface area contributed by atoms with Crippen molar-refractivity contribution in [2.24, 2.45) is 11.8 Å². The maximum Gasteiger partial charge on any atom is 0.251 e. The minimum Gasteiger partial charge on any atom is -0.349 e. The molecule has 0 spiro atoms. The quantitative estimate of drug-likeness (QED) is 0.922. The molecule has 2 fully saturated rings. The number of amides is 1. The highest BCUT2D eigenvalue weighted by Gasteiger charge is 2.40. The first-order valence-corrected chi connectivity index (χ1v) is 9.54. The van der Waals surface area contributed by atoms with E-state index >= 15 is 0 Å². The van der Waals surface area contributed by atoms with Crippen LogP contribution in [0.2, 0.25) is 0 Å². The van der Waals surface area contributed by atoms with Gasteiger partial charge >= 0.3 is 0 Å². The van der Waals surface area contributed by atoms with Crippen LogP contribution in [0.15, 0.2) is 24.3 Å². The van der Waals surface area contributed by atoms with Crippen molar-refractivity contribution >= 4 is 21.6 Å². The number of rotatable bonds is 4. The predicted molar refractivity (Wildman–Crippen MR) is 86.4 cm³/mol. The Hall–Kier alpha value is -1.56. The molecule has 2 bridgehead atoms. The minimum absolute atomic E-state index is 0.0638. The van der Waals surface area contributed by atoms with Crippen molar-refractivity contribution in [3.63, 3.8) is 0 Å². The number of benzene rings is 1. The van der Waals surface area contributed by atoms with Crippen molar-refractivity contribution in [3.05, 3.63) is 29.8 Å². The van der Waals surface area contributed by atoms with Gasteiger partial charge in [-0.2, -0.15) is 0 Å². The molecule has 0 saturated heterocycles. The average molecular weight is 322 g/mol. The summed E-state index contributed by atoms with van der Waals surface area (Å²) in [5, 5.41) is 3.13. The van der Waals surface area contributed by atoms with Crippen LogP contribution in [0.3, 0.4) is 0 Å². The summed E-state index contributed by atoms with van der Waals surface area (Å²) in [6.45, 7) is 0. The van der Waals surface area contributed by atoms with Crippen molar-refractivity contribution < 1.29 is 13.2 Å². The molecule has 1 aromatic carbocycles. The Morgan fingerprint density at radius 2 is 1.86 bits per heavy atom. The van der Waals surface area contributed by atoms with Gasteiger partial charge in [0.25, 0.3) is 5.91 Å². The van der Waals surface area contributed by atoms with Crippen molar-refractivity contribution in [2.45, 2.75) is 31.7 Å². The highest BCUT2D eigenvalue weighted by Crippen LogP contribution is 2.44. The zero-order valence-electron chi connectivity index (χ0n) is 13.0. The van der Waals surface area contributed by atoms with Gasteiger partial charge in [-0.15, -0.1) is 0 Å². The molecule has 0 radical (unpaired) electrons. The monoisotopic (exact) mass is 322 g/mol. The summed E-state index contributed by atoms with van der Waals surface area (Å²) in [6.07, 6.45) is 6.05. The van der Waals surface area contributed by atoms with E-state index in [1.165, 1.54) is 30.6 Å². The van der Waals surface area contributed by atoms with Crippen molar-refractivity contribution in [1.82, 2.24) is 5.32 Å². The number of nitrogens with zero attached hydrogens (tertiary/aromatic N) is 1. The molecule has 2 aliphatic rings. The van der Waals surface area contributed by atoms with Crippen LogP contribution in [0.5, 0.6) is 0 Å². The van der Waals surface area contributed by atoms with Crippen LogP contribution in [0.25, 0.3) is 0 Å². The van der Waals surface area contributed by atoms with E-state index < -0.39 is 10.0 Å². The second-order valence-electron chi connectivity index (χ2n) is 6.53. The van der Waals surface area contributed by atoms with E-state index in [2.05, 4.69) is 5.32 Å². The van der Waals surface area contributed by atoms with Gasteiger partial charge in [-0.1, -0.05) is 6.42 Å². The van der Waals surface area contributed by atoms with Gasteiger partial charge in [-0.05, 0) is 55.4 Å². The van der Waals surface area contributed by atoms with Crippen LogP contribution in [0.4, 0.5) is 5.69 Å². The Bertz CT molecular complexity index is 669. The molecule has 0 aliphatic heterocycles. The van der Waals surface area contributed by atoms with Crippen LogP contribution >= 0.6 is 0 Å². The number of hydrogen-bond acceptors (Lipinski definition) is 3. The third kappa shape index (κ3) is 2.97. The SMILES string of the molecule is CN(c1ccc(C(=O)N[C@@H]2C[C@H]3CC[C@@H]2C3)cc1)S(C)(=O)=O. The molecule has 22 heavy (non-hydrogen) atoms. The zero-order chi connectivity index (χ0) is 15.9.